The van der Waals surface area contributed by atoms with Crippen molar-refractivity contribution in [3.05, 3.63) is 119 Å². The topological polar surface area (TPSA) is 99.0 Å². The van der Waals surface area contributed by atoms with Gasteiger partial charge < -0.3 is 25.8 Å². The Morgan fingerprint density at radius 2 is 1.51 bits per heavy atom. The summed E-state index contributed by atoms with van der Waals surface area (Å²) < 4.78 is 0. The van der Waals surface area contributed by atoms with E-state index in [4.69, 9.17) is 5.73 Å². The van der Waals surface area contributed by atoms with Crippen LogP contribution in [0.2, 0.25) is 0 Å². The molecule has 8 heteroatoms. The highest BCUT2D eigenvalue weighted by atomic mass is 16.2. The van der Waals surface area contributed by atoms with Crippen LogP contribution in [0.1, 0.15) is 46.3 Å². The second-order valence-electron chi connectivity index (χ2n) is 12.7. The highest BCUT2D eigenvalue weighted by molar-refractivity contribution is 5.98. The molecule has 3 amide bonds. The first-order valence-corrected chi connectivity index (χ1v) is 16.6. The fourth-order valence-electron chi connectivity index (χ4n) is 6.61. The fraction of sp³-hybridized carbons (Fsp3) is 0.359. The van der Waals surface area contributed by atoms with E-state index in [0.717, 1.165) is 46.8 Å². The van der Waals surface area contributed by atoms with Crippen molar-refractivity contribution in [2.24, 2.45) is 5.73 Å². The molecule has 47 heavy (non-hydrogen) atoms. The van der Waals surface area contributed by atoms with Gasteiger partial charge in [-0.25, -0.2) is 0 Å². The third kappa shape index (κ3) is 8.44. The summed E-state index contributed by atoms with van der Waals surface area (Å²) in [6.07, 6.45) is 3.81. The zero-order chi connectivity index (χ0) is 33.3. The first kappa shape index (κ1) is 33.8. The second kappa shape index (κ2) is 15.8. The summed E-state index contributed by atoms with van der Waals surface area (Å²) in [6.45, 7) is 1.92. The molecule has 3 atom stereocenters. The van der Waals surface area contributed by atoms with Crippen molar-refractivity contribution in [2.45, 2.75) is 56.8 Å². The van der Waals surface area contributed by atoms with Crippen LogP contribution in [0.25, 0.3) is 10.8 Å². The summed E-state index contributed by atoms with van der Waals surface area (Å²) in [5.41, 5.74) is 9.05. The number of hydrogen-bond donors (Lipinski definition) is 2. The highest BCUT2D eigenvalue weighted by Gasteiger charge is 2.35. The van der Waals surface area contributed by atoms with Crippen LogP contribution in [0.15, 0.2) is 97.1 Å². The Bertz CT molecular complexity index is 1680. The highest BCUT2D eigenvalue weighted by Crippen LogP contribution is 2.22. The smallest absolute Gasteiger partial charge is 0.254 e. The molecule has 5 rings (SSSR count). The van der Waals surface area contributed by atoms with Gasteiger partial charge in [0.25, 0.3) is 5.91 Å². The zero-order valence-electron chi connectivity index (χ0n) is 27.8. The quantitative estimate of drug-likeness (QED) is 0.223. The van der Waals surface area contributed by atoms with E-state index in [1.54, 1.807) is 32.3 Å². The van der Waals surface area contributed by atoms with E-state index in [0.29, 0.717) is 37.5 Å². The first-order valence-electron chi connectivity index (χ1n) is 16.6. The van der Waals surface area contributed by atoms with E-state index in [2.05, 4.69) is 23.3 Å². The summed E-state index contributed by atoms with van der Waals surface area (Å²) in [6, 6.07) is 30.0. The molecule has 4 aromatic carbocycles. The molecule has 8 nitrogen and oxygen atoms in total. The lowest BCUT2D eigenvalue weighted by Gasteiger charge is -2.35. The maximum absolute atomic E-state index is 14.6. The third-order valence-corrected chi connectivity index (χ3v) is 9.56. The summed E-state index contributed by atoms with van der Waals surface area (Å²) in [5.74, 6) is -0.771. The monoisotopic (exact) mass is 633 g/mol. The van der Waals surface area contributed by atoms with Crippen molar-refractivity contribution >= 4 is 28.5 Å². The minimum atomic E-state index is -0.853. The molecule has 3 unspecified atom stereocenters. The Morgan fingerprint density at radius 3 is 2.23 bits per heavy atom. The Hall–Kier alpha value is -4.53. The summed E-state index contributed by atoms with van der Waals surface area (Å²) >= 11 is 0. The molecule has 0 aromatic heterocycles. The van der Waals surface area contributed by atoms with Gasteiger partial charge in [-0.2, -0.15) is 0 Å². The van der Waals surface area contributed by atoms with Gasteiger partial charge in [-0.1, -0.05) is 84.9 Å². The van der Waals surface area contributed by atoms with Gasteiger partial charge in [0, 0.05) is 51.6 Å². The summed E-state index contributed by atoms with van der Waals surface area (Å²) in [5, 5.41) is 5.29. The van der Waals surface area contributed by atoms with Gasteiger partial charge in [0.15, 0.2) is 0 Å². The lowest BCUT2D eigenvalue weighted by atomic mass is 9.98. The van der Waals surface area contributed by atoms with E-state index in [1.807, 2.05) is 72.8 Å². The van der Waals surface area contributed by atoms with Crippen molar-refractivity contribution in [2.75, 3.05) is 34.2 Å². The van der Waals surface area contributed by atoms with Crippen molar-refractivity contribution in [1.29, 1.82) is 0 Å². The third-order valence-electron chi connectivity index (χ3n) is 9.56. The molecule has 0 radical (unpaired) electrons. The Labute approximate surface area is 278 Å². The Kier molecular flexibility index (Phi) is 11.4. The molecular formula is C39H47N5O3. The molecule has 1 aliphatic heterocycles. The molecule has 1 aliphatic rings. The van der Waals surface area contributed by atoms with Crippen LogP contribution in [-0.4, -0.2) is 84.8 Å². The molecule has 4 aromatic rings. The van der Waals surface area contributed by atoms with Gasteiger partial charge in [-0.05, 0) is 72.5 Å². The van der Waals surface area contributed by atoms with Crippen LogP contribution in [0.3, 0.4) is 0 Å². The largest absolute Gasteiger partial charge is 0.354 e. The van der Waals surface area contributed by atoms with Gasteiger partial charge in [0.05, 0.1) is 0 Å². The number of hydrogen-bond acceptors (Lipinski definition) is 5. The molecule has 1 saturated heterocycles. The van der Waals surface area contributed by atoms with Crippen LogP contribution in [0, 0.1) is 0 Å². The van der Waals surface area contributed by atoms with Gasteiger partial charge in [0.2, 0.25) is 11.8 Å². The Morgan fingerprint density at radius 1 is 0.809 bits per heavy atom. The predicted octanol–water partition coefficient (Wildman–Crippen LogP) is 4.65. The number of likely N-dealkylation sites (tertiary alicyclic amines) is 1. The molecule has 3 N–H and O–H groups in total. The number of carbonyl (C=O) groups is 3. The van der Waals surface area contributed by atoms with Crippen LogP contribution in [0.5, 0.6) is 0 Å². The second-order valence-corrected chi connectivity index (χ2v) is 12.7. The van der Waals surface area contributed by atoms with Crippen molar-refractivity contribution in [3.63, 3.8) is 0 Å². The fourth-order valence-corrected chi connectivity index (χ4v) is 6.61. The summed E-state index contributed by atoms with van der Waals surface area (Å²) in [4.78, 5) is 47.8. The minimum Gasteiger partial charge on any atom is -0.354 e. The molecule has 1 heterocycles. The van der Waals surface area contributed by atoms with Gasteiger partial charge >= 0.3 is 0 Å². The number of fused-ring (bicyclic) bond motifs is 1. The van der Waals surface area contributed by atoms with Crippen LogP contribution >= 0.6 is 0 Å². The molecule has 0 aliphatic carbocycles. The molecule has 0 saturated carbocycles. The van der Waals surface area contributed by atoms with E-state index >= 15 is 0 Å². The van der Waals surface area contributed by atoms with Crippen LogP contribution in [0.4, 0.5) is 0 Å². The number of amides is 3. The molecular weight excluding hydrogens is 586 g/mol. The molecule has 0 spiro atoms. The maximum Gasteiger partial charge on any atom is 0.254 e. The molecule has 246 valence electrons. The molecule has 1 fully saturated rings. The van der Waals surface area contributed by atoms with Crippen LogP contribution in [-0.2, 0) is 29.0 Å². The summed E-state index contributed by atoms with van der Waals surface area (Å²) in [7, 11) is 5.48. The number of nitrogens with two attached hydrogens (primary N) is 1. The average Bonchev–Trinajstić information content (AvgIpc) is 3.52. The van der Waals surface area contributed by atoms with E-state index in [9.17, 15) is 14.4 Å². The van der Waals surface area contributed by atoms with Gasteiger partial charge in [-0.15, -0.1) is 0 Å². The Balaban J connectivity index is 1.43. The lowest BCUT2D eigenvalue weighted by Crippen LogP contribution is -2.56. The SMILES string of the molecule is CN1CCCC1CCNC(=O)C(Cc1ccccc1)N(C)C(=O)C(Cc1ccc2ccccc2c1)N(C)C(=O)c1cccc(CN)c1. The van der Waals surface area contributed by atoms with E-state index < -0.39 is 12.1 Å². The molecule has 0 bridgehead atoms. The van der Waals surface area contributed by atoms with Crippen molar-refractivity contribution in [3.8, 4) is 0 Å². The zero-order valence-corrected chi connectivity index (χ0v) is 27.8. The van der Waals surface area contributed by atoms with E-state index in [1.165, 1.54) is 16.2 Å². The number of nitrogens with one attached hydrogen (secondary N) is 1. The van der Waals surface area contributed by atoms with Crippen molar-refractivity contribution in [1.82, 2.24) is 20.0 Å². The number of carbonyl (C=O) groups excluding carboxylic acids is 3. The number of rotatable bonds is 13. The number of nitrogens with zero attached hydrogens (tertiary/aromatic N) is 3. The number of likely N-dealkylation sites (N-methyl/N-ethyl adjacent to an activating group) is 2. The van der Waals surface area contributed by atoms with Crippen LogP contribution < -0.4 is 11.1 Å². The van der Waals surface area contributed by atoms with E-state index in [-0.39, 0.29) is 17.7 Å². The number of benzene rings is 4. The van der Waals surface area contributed by atoms with Gasteiger partial charge in [0.1, 0.15) is 12.1 Å². The van der Waals surface area contributed by atoms with Gasteiger partial charge in [-0.3, -0.25) is 14.4 Å². The van der Waals surface area contributed by atoms with Crippen molar-refractivity contribution < 1.29 is 14.4 Å². The maximum atomic E-state index is 14.6. The standard InChI is InChI=1S/C39H47N5O3/c1-42-22-10-17-34(42)20-21-41-37(45)35(25-28-11-5-4-6-12-28)43(2)39(47)36(26-29-18-19-31-14-7-8-15-32(31)23-29)44(3)38(46)33-16-9-13-30(24-33)27-40/h4-9,11-16,18-19,23-24,34-36H,10,17,20-22,25-27,40H2,1-3H3,(H,41,45). The predicted molar refractivity (Wildman–Crippen MR) is 188 cm³/mol. The normalized spacial score (nSPS) is 16.0. The average molecular weight is 634 g/mol. The lowest BCUT2D eigenvalue weighted by molar-refractivity contribution is -0.142. The first-order chi connectivity index (χ1) is 22.7. The minimum absolute atomic E-state index is 0.195.